The molecule has 0 aromatic carbocycles. The molecule has 1 unspecified atom stereocenters. The van der Waals surface area contributed by atoms with E-state index in [0.717, 1.165) is 6.42 Å². The van der Waals surface area contributed by atoms with Crippen LogP contribution in [0.1, 0.15) is 41.0 Å². The van der Waals surface area contributed by atoms with Crippen LogP contribution < -0.4 is 0 Å². The Morgan fingerprint density at radius 2 is 1.69 bits per heavy atom. The van der Waals surface area contributed by atoms with Crippen molar-refractivity contribution in [3.63, 3.8) is 0 Å². The van der Waals surface area contributed by atoms with Gasteiger partial charge in [0.05, 0.1) is 0 Å². The first kappa shape index (κ1) is 15.7. The smallest absolute Gasteiger partial charge is 0.230 e. The second kappa shape index (κ2) is 7.12. The van der Waals surface area contributed by atoms with Gasteiger partial charge >= 0.3 is 0 Å². The summed E-state index contributed by atoms with van der Waals surface area (Å²) in [5.74, 6) is 2.74. The van der Waals surface area contributed by atoms with E-state index in [4.69, 9.17) is 9.47 Å². The standard InChI is InChI=1S/C12H23O3P/c1-6-10-16(13,11-7-2)12(5,14-8-3)15-9-4/h6,8-10H2,1-5H3. The van der Waals surface area contributed by atoms with E-state index in [-0.39, 0.29) is 0 Å². The molecule has 0 rings (SSSR count). The summed E-state index contributed by atoms with van der Waals surface area (Å²) in [6.07, 6.45) is 1.34. The summed E-state index contributed by atoms with van der Waals surface area (Å²) in [6.45, 7) is 10.1. The topological polar surface area (TPSA) is 35.5 Å². The van der Waals surface area contributed by atoms with E-state index in [0.29, 0.717) is 19.4 Å². The van der Waals surface area contributed by atoms with Gasteiger partial charge in [0.25, 0.3) is 0 Å². The lowest BCUT2D eigenvalue weighted by Crippen LogP contribution is -2.33. The average molecular weight is 246 g/mol. The highest BCUT2D eigenvalue weighted by Crippen LogP contribution is 2.58. The Kier molecular flexibility index (Phi) is 6.99. The monoisotopic (exact) mass is 246 g/mol. The minimum absolute atomic E-state index is 0.468. The summed E-state index contributed by atoms with van der Waals surface area (Å²) in [7, 11) is -2.78. The lowest BCUT2D eigenvalue weighted by Gasteiger charge is -2.33. The summed E-state index contributed by atoms with van der Waals surface area (Å²) in [5, 5.41) is 0. The first-order valence-electron chi connectivity index (χ1n) is 5.80. The largest absolute Gasteiger partial charge is 0.344 e. The van der Waals surface area contributed by atoms with Crippen molar-refractivity contribution < 1.29 is 14.0 Å². The molecule has 1 atom stereocenters. The van der Waals surface area contributed by atoms with Gasteiger partial charge in [-0.2, -0.15) is 0 Å². The van der Waals surface area contributed by atoms with Gasteiger partial charge in [0.2, 0.25) is 12.7 Å². The third-order valence-corrected chi connectivity index (χ3v) is 5.54. The van der Waals surface area contributed by atoms with Gasteiger partial charge in [-0.25, -0.2) is 0 Å². The van der Waals surface area contributed by atoms with Crippen LogP contribution in [-0.4, -0.2) is 24.9 Å². The first-order chi connectivity index (χ1) is 7.49. The molecule has 4 heteroatoms. The fraction of sp³-hybridized carbons (Fsp3) is 0.833. The quantitative estimate of drug-likeness (QED) is 0.392. The van der Waals surface area contributed by atoms with Crippen molar-refractivity contribution in [3.05, 3.63) is 0 Å². The maximum atomic E-state index is 12.8. The summed E-state index contributed by atoms with van der Waals surface area (Å²) < 4.78 is 23.9. The van der Waals surface area contributed by atoms with Crippen LogP contribution in [0.3, 0.4) is 0 Å². The molecule has 0 aromatic heterocycles. The number of hydrogen-bond donors (Lipinski definition) is 0. The minimum atomic E-state index is -2.78. The molecule has 0 aliphatic rings. The highest BCUT2D eigenvalue weighted by Gasteiger charge is 2.44. The van der Waals surface area contributed by atoms with Gasteiger partial charge in [-0.05, 0) is 39.8 Å². The molecule has 0 heterocycles. The van der Waals surface area contributed by atoms with E-state index < -0.39 is 12.7 Å². The highest BCUT2D eigenvalue weighted by atomic mass is 31.2. The van der Waals surface area contributed by atoms with Crippen molar-refractivity contribution in [2.75, 3.05) is 19.4 Å². The van der Waals surface area contributed by atoms with Crippen LogP contribution in [0, 0.1) is 11.6 Å². The van der Waals surface area contributed by atoms with Crippen LogP contribution >= 0.6 is 7.14 Å². The molecule has 0 aromatic rings. The lowest BCUT2D eigenvalue weighted by atomic mass is 10.6. The molecule has 0 spiro atoms. The second-order valence-electron chi connectivity index (χ2n) is 3.59. The fourth-order valence-electron chi connectivity index (χ4n) is 1.64. The van der Waals surface area contributed by atoms with Crippen LogP contribution in [0.5, 0.6) is 0 Å². The van der Waals surface area contributed by atoms with Crippen LogP contribution in [-0.2, 0) is 14.0 Å². The van der Waals surface area contributed by atoms with Crippen LogP contribution in [0.4, 0.5) is 0 Å². The summed E-state index contributed by atoms with van der Waals surface area (Å²) >= 11 is 0. The van der Waals surface area contributed by atoms with Crippen molar-refractivity contribution >= 4 is 7.14 Å². The molecule has 0 N–H and O–H groups in total. The number of hydrogen-bond acceptors (Lipinski definition) is 3. The molecule has 0 bridgehead atoms. The summed E-state index contributed by atoms with van der Waals surface area (Å²) in [4.78, 5) is 0. The zero-order valence-electron chi connectivity index (χ0n) is 11.0. The van der Waals surface area contributed by atoms with Crippen LogP contribution in [0.15, 0.2) is 0 Å². The predicted octanol–water partition coefficient (Wildman–Crippen LogP) is 3.49. The molecule has 0 fully saturated rings. The van der Waals surface area contributed by atoms with Gasteiger partial charge in [-0.15, -0.1) is 0 Å². The van der Waals surface area contributed by atoms with Gasteiger partial charge in [0.15, 0.2) is 0 Å². The van der Waals surface area contributed by atoms with E-state index in [2.05, 4.69) is 11.6 Å². The summed E-state index contributed by atoms with van der Waals surface area (Å²) in [5.41, 5.74) is 1.77. The van der Waals surface area contributed by atoms with Crippen molar-refractivity contribution in [2.45, 2.75) is 46.6 Å². The molecule has 0 aliphatic heterocycles. The Balaban J connectivity index is 5.21. The zero-order valence-corrected chi connectivity index (χ0v) is 11.9. The third-order valence-electron chi connectivity index (χ3n) is 2.31. The summed E-state index contributed by atoms with van der Waals surface area (Å²) in [6, 6.07) is 0. The van der Waals surface area contributed by atoms with Crippen molar-refractivity contribution in [2.24, 2.45) is 0 Å². The van der Waals surface area contributed by atoms with Crippen molar-refractivity contribution in [1.29, 1.82) is 0 Å². The predicted molar refractivity (Wildman–Crippen MR) is 67.9 cm³/mol. The molecule has 16 heavy (non-hydrogen) atoms. The van der Waals surface area contributed by atoms with E-state index in [9.17, 15) is 4.57 Å². The SMILES string of the molecule is CC#CP(=O)(CCC)C(C)(OCC)OCC. The Bertz CT molecular complexity index is 295. The van der Waals surface area contributed by atoms with Crippen LogP contribution in [0.25, 0.3) is 0 Å². The molecule has 94 valence electrons. The zero-order chi connectivity index (χ0) is 12.7. The molecular formula is C12H23O3P. The number of ether oxygens (including phenoxy) is 2. The Hall–Kier alpha value is -0.290. The molecule has 3 nitrogen and oxygen atoms in total. The van der Waals surface area contributed by atoms with Gasteiger partial charge < -0.3 is 14.0 Å². The molecule has 0 saturated carbocycles. The van der Waals surface area contributed by atoms with Crippen molar-refractivity contribution in [3.8, 4) is 11.6 Å². The van der Waals surface area contributed by atoms with Crippen molar-refractivity contribution in [1.82, 2.24) is 0 Å². The number of rotatable bonds is 7. The van der Waals surface area contributed by atoms with Crippen LogP contribution in [0.2, 0.25) is 0 Å². The average Bonchev–Trinajstić information content (AvgIpc) is 2.19. The van der Waals surface area contributed by atoms with E-state index in [1.54, 1.807) is 13.8 Å². The van der Waals surface area contributed by atoms with E-state index in [1.165, 1.54) is 0 Å². The Labute approximate surface area is 99.3 Å². The Morgan fingerprint density at radius 1 is 1.19 bits per heavy atom. The normalized spacial score (nSPS) is 15.1. The molecule has 0 amide bonds. The van der Waals surface area contributed by atoms with E-state index in [1.807, 2.05) is 20.8 Å². The highest BCUT2D eigenvalue weighted by molar-refractivity contribution is 7.70. The maximum Gasteiger partial charge on any atom is 0.230 e. The van der Waals surface area contributed by atoms with Gasteiger partial charge in [-0.3, -0.25) is 0 Å². The first-order valence-corrected chi connectivity index (χ1v) is 7.69. The van der Waals surface area contributed by atoms with Gasteiger partial charge in [0.1, 0.15) is 0 Å². The fourth-order valence-corrected chi connectivity index (χ4v) is 4.03. The molecule has 0 aliphatic carbocycles. The van der Waals surface area contributed by atoms with Gasteiger partial charge in [-0.1, -0.05) is 12.8 Å². The molecular weight excluding hydrogens is 223 g/mol. The second-order valence-corrected chi connectivity index (χ2v) is 6.55. The third kappa shape index (κ3) is 3.63. The van der Waals surface area contributed by atoms with Gasteiger partial charge in [0, 0.05) is 19.4 Å². The van der Waals surface area contributed by atoms with E-state index >= 15 is 0 Å². The molecule has 0 radical (unpaired) electrons. The minimum Gasteiger partial charge on any atom is -0.344 e. The molecule has 0 saturated heterocycles. The maximum absolute atomic E-state index is 12.8. The Morgan fingerprint density at radius 3 is 2.00 bits per heavy atom. The lowest BCUT2D eigenvalue weighted by molar-refractivity contribution is -0.160.